The van der Waals surface area contributed by atoms with E-state index >= 15 is 0 Å². The molecule has 0 radical (unpaired) electrons. The van der Waals surface area contributed by atoms with Crippen LogP contribution in [0.2, 0.25) is 0 Å². The molecule has 3 N–H and O–H groups in total. The molecule has 2 aliphatic heterocycles. The summed E-state index contributed by atoms with van der Waals surface area (Å²) in [6.45, 7) is 4.82. The van der Waals surface area contributed by atoms with E-state index in [2.05, 4.69) is 45.9 Å². The zero-order valence-electron chi connectivity index (χ0n) is 19.6. The van der Waals surface area contributed by atoms with Gasteiger partial charge in [-0.2, -0.15) is 13.2 Å². The minimum Gasteiger partial charge on any atom is -0.475 e. The maximum atomic E-state index is 12.5. The van der Waals surface area contributed by atoms with Crippen LogP contribution in [0.25, 0.3) is 10.8 Å². The molecule has 0 saturated carbocycles. The van der Waals surface area contributed by atoms with Gasteiger partial charge in [0.1, 0.15) is 0 Å². The van der Waals surface area contributed by atoms with Gasteiger partial charge in [0.05, 0.1) is 0 Å². The van der Waals surface area contributed by atoms with E-state index in [9.17, 15) is 18.0 Å². The normalized spacial score (nSPS) is 16.5. The fourth-order valence-electron chi connectivity index (χ4n) is 4.87. The Morgan fingerprint density at radius 3 is 2.31 bits per heavy atom. The number of carbonyl (C=O) groups excluding carboxylic acids is 1. The second-order valence-corrected chi connectivity index (χ2v) is 9.14. The number of carboxylic acid groups (broad SMARTS) is 1. The smallest absolute Gasteiger partial charge is 0.475 e. The van der Waals surface area contributed by atoms with Gasteiger partial charge in [-0.15, -0.1) is 0 Å². The largest absolute Gasteiger partial charge is 0.490 e. The number of piperidine rings is 1. The van der Waals surface area contributed by atoms with Gasteiger partial charge in [0.25, 0.3) is 5.91 Å². The minimum absolute atomic E-state index is 0.0122. The van der Waals surface area contributed by atoms with Crippen LogP contribution in [0.15, 0.2) is 66.7 Å². The van der Waals surface area contributed by atoms with Gasteiger partial charge in [0.2, 0.25) is 0 Å². The number of alkyl halides is 3. The molecule has 6 nitrogen and oxygen atoms in total. The van der Waals surface area contributed by atoms with Crippen LogP contribution in [0.3, 0.4) is 0 Å². The van der Waals surface area contributed by atoms with Crippen molar-refractivity contribution in [1.82, 2.24) is 10.2 Å². The van der Waals surface area contributed by atoms with Crippen LogP contribution in [0, 0.1) is 0 Å². The summed E-state index contributed by atoms with van der Waals surface area (Å²) in [4.78, 5) is 23.9. The van der Waals surface area contributed by atoms with E-state index in [1.807, 2.05) is 36.4 Å². The molecule has 0 bridgehead atoms. The summed E-state index contributed by atoms with van der Waals surface area (Å²) in [5.41, 5.74) is 3.82. The predicted octanol–water partition coefficient (Wildman–Crippen LogP) is 4.66. The number of anilines is 1. The summed E-state index contributed by atoms with van der Waals surface area (Å²) in [6.07, 6.45) is -2.73. The third-order valence-corrected chi connectivity index (χ3v) is 6.90. The average molecular weight is 500 g/mol. The number of benzene rings is 3. The lowest BCUT2D eigenvalue weighted by Crippen LogP contribution is -2.46. The monoisotopic (exact) mass is 499 g/mol. The van der Waals surface area contributed by atoms with Gasteiger partial charge in [-0.3, -0.25) is 4.79 Å². The quantitative estimate of drug-likeness (QED) is 0.487. The molecule has 5 rings (SSSR count). The molecule has 0 aromatic heterocycles. The van der Waals surface area contributed by atoms with Crippen molar-refractivity contribution in [2.45, 2.75) is 24.4 Å². The van der Waals surface area contributed by atoms with Crippen molar-refractivity contribution in [1.29, 1.82) is 0 Å². The van der Waals surface area contributed by atoms with Gasteiger partial charge in [0, 0.05) is 36.3 Å². The Morgan fingerprint density at radius 1 is 0.972 bits per heavy atom. The molecular formula is C27H28F3N3O3. The standard InChI is InChI=1S/C25H27N3O.C2HF3O2/c29-24(21-10-9-19-5-1-2-6-20(19)17-21)26-13-16-28-14-11-25(12-15-28)18-27-23-8-4-3-7-22(23)25;3-2(4,5)1(6)7/h1-10,17,27H,11-16,18H2,(H,26,29);(H,6,7). The molecule has 3 aromatic carbocycles. The van der Waals surface area contributed by atoms with Crippen molar-refractivity contribution in [3.63, 3.8) is 0 Å². The molecule has 2 aliphatic rings. The highest BCUT2D eigenvalue weighted by molar-refractivity contribution is 5.98. The number of likely N-dealkylation sites (tertiary alicyclic amines) is 1. The molecule has 0 atom stereocenters. The summed E-state index contributed by atoms with van der Waals surface area (Å²) < 4.78 is 31.7. The third-order valence-electron chi connectivity index (χ3n) is 6.90. The summed E-state index contributed by atoms with van der Waals surface area (Å²) >= 11 is 0. The maximum Gasteiger partial charge on any atom is 0.490 e. The SMILES string of the molecule is O=C(NCCN1CCC2(CC1)CNc1ccccc12)c1ccc2ccccc2c1.O=C(O)C(F)(F)F. The number of fused-ring (bicyclic) bond motifs is 3. The molecule has 9 heteroatoms. The Balaban J connectivity index is 0.000000384. The highest BCUT2D eigenvalue weighted by Crippen LogP contribution is 2.43. The van der Waals surface area contributed by atoms with Gasteiger partial charge < -0.3 is 20.6 Å². The molecule has 1 saturated heterocycles. The third kappa shape index (κ3) is 5.79. The number of amides is 1. The summed E-state index contributed by atoms with van der Waals surface area (Å²) in [5.74, 6) is -2.74. The first kappa shape index (κ1) is 25.5. The first-order chi connectivity index (χ1) is 17.2. The highest BCUT2D eigenvalue weighted by atomic mass is 19.4. The van der Waals surface area contributed by atoms with Gasteiger partial charge in [-0.1, -0.05) is 48.5 Å². The average Bonchev–Trinajstić information content (AvgIpc) is 3.23. The topological polar surface area (TPSA) is 81.7 Å². The first-order valence-electron chi connectivity index (χ1n) is 11.8. The Morgan fingerprint density at radius 2 is 1.61 bits per heavy atom. The lowest BCUT2D eigenvalue weighted by atomic mass is 9.74. The fourth-order valence-corrected chi connectivity index (χ4v) is 4.87. The Hall–Kier alpha value is -3.59. The second kappa shape index (κ2) is 10.6. The molecule has 190 valence electrons. The van der Waals surface area contributed by atoms with Gasteiger partial charge in [0.15, 0.2) is 0 Å². The molecule has 0 aliphatic carbocycles. The molecule has 3 aromatic rings. The number of nitrogens with zero attached hydrogens (tertiary/aromatic N) is 1. The highest BCUT2D eigenvalue weighted by Gasteiger charge is 2.41. The molecule has 1 fully saturated rings. The Labute approximate surface area is 207 Å². The zero-order valence-corrected chi connectivity index (χ0v) is 19.6. The van der Waals surface area contributed by atoms with Crippen LogP contribution in [-0.4, -0.2) is 60.8 Å². The van der Waals surface area contributed by atoms with Crippen LogP contribution in [0.5, 0.6) is 0 Å². The van der Waals surface area contributed by atoms with Crippen LogP contribution in [0.4, 0.5) is 18.9 Å². The molecule has 2 heterocycles. The molecule has 36 heavy (non-hydrogen) atoms. The van der Waals surface area contributed by atoms with E-state index in [0.29, 0.717) is 12.0 Å². The lowest BCUT2D eigenvalue weighted by molar-refractivity contribution is -0.192. The molecule has 0 unspecified atom stereocenters. The zero-order chi connectivity index (χ0) is 25.8. The number of hydrogen-bond donors (Lipinski definition) is 3. The number of halogens is 3. The van der Waals surface area contributed by atoms with Crippen molar-refractivity contribution in [3.05, 3.63) is 77.9 Å². The maximum absolute atomic E-state index is 12.5. The van der Waals surface area contributed by atoms with E-state index < -0.39 is 12.1 Å². The van der Waals surface area contributed by atoms with Crippen molar-refractivity contribution in [2.75, 3.05) is 38.0 Å². The number of aliphatic carboxylic acids is 1. The van der Waals surface area contributed by atoms with E-state index in [0.717, 1.165) is 42.5 Å². The summed E-state index contributed by atoms with van der Waals surface area (Å²) in [5, 5.41) is 16.1. The Bertz CT molecular complexity index is 1240. The van der Waals surface area contributed by atoms with Crippen molar-refractivity contribution in [2.24, 2.45) is 0 Å². The molecule has 1 spiro atoms. The number of para-hydroxylation sites is 1. The van der Waals surface area contributed by atoms with Crippen molar-refractivity contribution < 1.29 is 27.9 Å². The minimum atomic E-state index is -5.08. The van der Waals surface area contributed by atoms with Gasteiger partial charge in [-0.05, 0) is 60.5 Å². The van der Waals surface area contributed by atoms with Crippen LogP contribution in [0.1, 0.15) is 28.8 Å². The second-order valence-electron chi connectivity index (χ2n) is 9.14. The first-order valence-corrected chi connectivity index (χ1v) is 11.8. The van der Waals surface area contributed by atoms with Gasteiger partial charge in [-0.25, -0.2) is 4.79 Å². The number of hydrogen-bond acceptors (Lipinski definition) is 4. The van der Waals surface area contributed by atoms with E-state index in [1.54, 1.807) is 0 Å². The number of rotatable bonds is 4. The van der Waals surface area contributed by atoms with E-state index in [4.69, 9.17) is 9.90 Å². The molecular weight excluding hydrogens is 471 g/mol. The Kier molecular flexibility index (Phi) is 7.49. The number of nitrogens with one attached hydrogen (secondary N) is 2. The van der Waals surface area contributed by atoms with Gasteiger partial charge >= 0.3 is 12.1 Å². The molecule has 1 amide bonds. The lowest BCUT2D eigenvalue weighted by Gasteiger charge is -2.39. The fraction of sp³-hybridized carbons (Fsp3) is 0.333. The van der Waals surface area contributed by atoms with Crippen molar-refractivity contribution in [3.8, 4) is 0 Å². The van der Waals surface area contributed by atoms with E-state index in [1.165, 1.54) is 24.1 Å². The summed E-state index contributed by atoms with van der Waals surface area (Å²) in [7, 11) is 0. The van der Waals surface area contributed by atoms with Crippen LogP contribution < -0.4 is 10.6 Å². The van der Waals surface area contributed by atoms with Crippen LogP contribution in [-0.2, 0) is 10.2 Å². The predicted molar refractivity (Wildman–Crippen MR) is 132 cm³/mol. The van der Waals surface area contributed by atoms with Crippen LogP contribution >= 0.6 is 0 Å². The van der Waals surface area contributed by atoms with Crippen molar-refractivity contribution >= 4 is 28.3 Å². The number of carboxylic acids is 1. The van der Waals surface area contributed by atoms with E-state index in [-0.39, 0.29) is 5.91 Å². The summed E-state index contributed by atoms with van der Waals surface area (Å²) in [6, 6.07) is 22.8. The number of carbonyl (C=O) groups is 2.